The third-order valence-corrected chi connectivity index (χ3v) is 3.46. The number of nitrogens with one attached hydrogen (secondary N) is 1. The third kappa shape index (κ3) is 2.54. The van der Waals surface area contributed by atoms with Gasteiger partial charge in [-0.15, -0.1) is 0 Å². The second kappa shape index (κ2) is 4.44. The molecule has 2 fully saturated rings. The van der Waals surface area contributed by atoms with Crippen LogP contribution >= 0.6 is 0 Å². The molecular weight excluding hydrogens is 206 g/mol. The number of amides is 1. The van der Waals surface area contributed by atoms with Gasteiger partial charge in [-0.25, -0.2) is 4.79 Å². The van der Waals surface area contributed by atoms with Crippen molar-refractivity contribution in [2.75, 3.05) is 0 Å². The first kappa shape index (κ1) is 11.4. The molecule has 4 nitrogen and oxygen atoms in total. The topological polar surface area (TPSA) is 55.4 Å². The van der Waals surface area contributed by atoms with E-state index in [1.165, 1.54) is 0 Å². The first-order chi connectivity index (χ1) is 7.54. The van der Waals surface area contributed by atoms with Crippen LogP contribution in [0.2, 0.25) is 0 Å². The normalized spacial score (nSPS) is 32.9. The Labute approximate surface area is 95.7 Å². The van der Waals surface area contributed by atoms with Gasteiger partial charge < -0.3 is 10.1 Å². The third-order valence-electron chi connectivity index (χ3n) is 3.46. The second-order valence-corrected chi connectivity index (χ2v) is 5.26. The molecule has 3 atom stereocenters. The lowest BCUT2D eigenvalue weighted by atomic mass is 10.0. The summed E-state index contributed by atoms with van der Waals surface area (Å²) in [6.45, 7) is 3.81. The molecule has 0 bridgehead atoms. The highest BCUT2D eigenvalue weighted by Gasteiger charge is 2.42. The van der Waals surface area contributed by atoms with Gasteiger partial charge in [0.05, 0.1) is 0 Å². The maximum absolute atomic E-state index is 11.4. The number of alkyl carbamates (subject to hydrolysis) is 1. The van der Waals surface area contributed by atoms with Crippen molar-refractivity contribution in [3.8, 4) is 0 Å². The van der Waals surface area contributed by atoms with Gasteiger partial charge in [0.1, 0.15) is 11.9 Å². The van der Waals surface area contributed by atoms with Crippen molar-refractivity contribution in [3.63, 3.8) is 0 Å². The average molecular weight is 225 g/mol. The van der Waals surface area contributed by atoms with Crippen LogP contribution in [0.3, 0.4) is 0 Å². The predicted molar refractivity (Wildman–Crippen MR) is 59.0 cm³/mol. The predicted octanol–water partition coefficient (Wildman–Crippen LogP) is 1.88. The molecule has 2 aliphatic carbocycles. The molecule has 1 N–H and O–H groups in total. The van der Waals surface area contributed by atoms with Crippen LogP contribution in [0, 0.1) is 11.8 Å². The standard InChI is InChI=1S/C12H19NO3/c1-7(2)13-12(15)16-11-5-8-3-10(14)4-9(8)6-11/h7-9,11H,3-6H2,1-2H3,(H,13,15)/t8-,9+,11+. The van der Waals surface area contributed by atoms with Gasteiger partial charge in [-0.05, 0) is 38.5 Å². The van der Waals surface area contributed by atoms with E-state index >= 15 is 0 Å². The van der Waals surface area contributed by atoms with E-state index in [-0.39, 0.29) is 18.2 Å². The molecule has 2 aliphatic rings. The van der Waals surface area contributed by atoms with Crippen molar-refractivity contribution in [2.24, 2.45) is 11.8 Å². The van der Waals surface area contributed by atoms with Gasteiger partial charge in [-0.3, -0.25) is 4.79 Å². The zero-order valence-electron chi connectivity index (χ0n) is 9.86. The van der Waals surface area contributed by atoms with Crippen LogP contribution in [0.1, 0.15) is 39.5 Å². The molecule has 0 aromatic heterocycles. The van der Waals surface area contributed by atoms with Crippen molar-refractivity contribution < 1.29 is 14.3 Å². The van der Waals surface area contributed by atoms with Gasteiger partial charge in [0.15, 0.2) is 0 Å². The summed E-state index contributed by atoms with van der Waals surface area (Å²) in [7, 11) is 0. The van der Waals surface area contributed by atoms with Crippen molar-refractivity contribution in [2.45, 2.75) is 51.7 Å². The van der Waals surface area contributed by atoms with Crippen LogP contribution in [0.5, 0.6) is 0 Å². The molecule has 0 unspecified atom stereocenters. The van der Waals surface area contributed by atoms with E-state index in [4.69, 9.17) is 4.74 Å². The molecule has 0 aromatic rings. The lowest BCUT2D eigenvalue weighted by Crippen LogP contribution is -2.33. The summed E-state index contributed by atoms with van der Waals surface area (Å²) >= 11 is 0. The first-order valence-corrected chi connectivity index (χ1v) is 6.03. The molecule has 0 aromatic carbocycles. The average Bonchev–Trinajstić information content (AvgIpc) is 2.58. The summed E-state index contributed by atoms with van der Waals surface area (Å²) < 4.78 is 5.33. The minimum atomic E-state index is -0.328. The van der Waals surface area contributed by atoms with Gasteiger partial charge in [-0.1, -0.05) is 0 Å². The Kier molecular flexibility index (Phi) is 3.17. The van der Waals surface area contributed by atoms with E-state index in [9.17, 15) is 9.59 Å². The minimum absolute atomic E-state index is 0.0156. The zero-order valence-corrected chi connectivity index (χ0v) is 9.86. The van der Waals surface area contributed by atoms with Crippen LogP contribution < -0.4 is 5.32 Å². The molecule has 0 spiro atoms. The summed E-state index contributed by atoms with van der Waals surface area (Å²) in [6, 6.07) is 0.106. The van der Waals surface area contributed by atoms with Crippen molar-refractivity contribution in [1.29, 1.82) is 0 Å². The fraction of sp³-hybridized carbons (Fsp3) is 0.833. The van der Waals surface area contributed by atoms with Crippen molar-refractivity contribution in [3.05, 3.63) is 0 Å². The molecule has 2 saturated carbocycles. The molecule has 0 saturated heterocycles. The van der Waals surface area contributed by atoms with E-state index < -0.39 is 0 Å². The molecule has 16 heavy (non-hydrogen) atoms. The monoisotopic (exact) mass is 225 g/mol. The van der Waals surface area contributed by atoms with Crippen molar-refractivity contribution >= 4 is 11.9 Å². The number of carbonyl (C=O) groups excluding carboxylic acids is 2. The minimum Gasteiger partial charge on any atom is -0.446 e. The van der Waals surface area contributed by atoms with Crippen LogP contribution in [0.4, 0.5) is 4.79 Å². The fourth-order valence-corrected chi connectivity index (χ4v) is 2.84. The molecule has 2 rings (SSSR count). The van der Waals surface area contributed by atoms with E-state index in [0.717, 1.165) is 12.8 Å². The van der Waals surface area contributed by atoms with E-state index in [1.54, 1.807) is 0 Å². The van der Waals surface area contributed by atoms with E-state index in [1.807, 2.05) is 13.8 Å². The molecule has 0 aliphatic heterocycles. The smallest absolute Gasteiger partial charge is 0.407 e. The van der Waals surface area contributed by atoms with Crippen molar-refractivity contribution in [1.82, 2.24) is 5.32 Å². The zero-order chi connectivity index (χ0) is 11.7. The quantitative estimate of drug-likeness (QED) is 0.780. The molecule has 4 heteroatoms. The SMILES string of the molecule is CC(C)NC(=O)O[C@H]1C[C@H]2CC(=O)C[C@H]2C1. The maximum Gasteiger partial charge on any atom is 0.407 e. The number of rotatable bonds is 2. The van der Waals surface area contributed by atoms with Gasteiger partial charge in [0, 0.05) is 18.9 Å². The van der Waals surface area contributed by atoms with Crippen LogP contribution in [-0.4, -0.2) is 24.0 Å². The van der Waals surface area contributed by atoms with Gasteiger partial charge in [0.2, 0.25) is 0 Å². The highest BCUT2D eigenvalue weighted by atomic mass is 16.6. The number of hydrogen-bond donors (Lipinski definition) is 1. The first-order valence-electron chi connectivity index (χ1n) is 6.03. The summed E-state index contributed by atoms with van der Waals surface area (Å²) in [5, 5.41) is 2.72. The Balaban J connectivity index is 1.78. The summed E-state index contributed by atoms with van der Waals surface area (Å²) in [6.07, 6.45) is 2.80. The Morgan fingerprint density at radius 2 is 1.88 bits per heavy atom. The number of Topliss-reactive ketones (excluding diaryl/α,β-unsaturated/α-hetero) is 1. The van der Waals surface area contributed by atoms with Gasteiger partial charge >= 0.3 is 6.09 Å². The lowest BCUT2D eigenvalue weighted by Gasteiger charge is -2.15. The molecule has 0 heterocycles. The number of fused-ring (bicyclic) bond motifs is 1. The number of ketones is 1. The Hall–Kier alpha value is -1.06. The highest BCUT2D eigenvalue weighted by Crippen LogP contribution is 2.43. The maximum atomic E-state index is 11.4. The van der Waals surface area contributed by atoms with Crippen LogP contribution in [0.15, 0.2) is 0 Å². The molecule has 90 valence electrons. The van der Waals surface area contributed by atoms with Crippen LogP contribution in [0.25, 0.3) is 0 Å². The summed E-state index contributed by atoms with van der Waals surface area (Å²) in [4.78, 5) is 22.6. The lowest BCUT2D eigenvalue weighted by molar-refractivity contribution is -0.118. The molecule has 1 amide bonds. The highest BCUT2D eigenvalue weighted by molar-refractivity contribution is 5.81. The number of hydrogen-bond acceptors (Lipinski definition) is 3. The Morgan fingerprint density at radius 3 is 2.38 bits per heavy atom. The summed E-state index contributed by atoms with van der Waals surface area (Å²) in [5.74, 6) is 1.30. The largest absolute Gasteiger partial charge is 0.446 e. The van der Waals surface area contributed by atoms with Gasteiger partial charge in [0.25, 0.3) is 0 Å². The molecular formula is C12H19NO3. The van der Waals surface area contributed by atoms with Crippen LogP contribution in [-0.2, 0) is 9.53 Å². The molecule has 0 radical (unpaired) electrons. The Morgan fingerprint density at radius 1 is 1.31 bits per heavy atom. The van der Waals surface area contributed by atoms with Gasteiger partial charge in [-0.2, -0.15) is 0 Å². The second-order valence-electron chi connectivity index (χ2n) is 5.26. The summed E-state index contributed by atoms with van der Waals surface area (Å²) in [5.41, 5.74) is 0. The van der Waals surface area contributed by atoms with E-state index in [2.05, 4.69) is 5.32 Å². The number of carbonyl (C=O) groups is 2. The van der Waals surface area contributed by atoms with E-state index in [0.29, 0.717) is 30.5 Å². The Bertz CT molecular complexity index is 285. The fourth-order valence-electron chi connectivity index (χ4n) is 2.84. The number of ether oxygens (including phenoxy) is 1.